The van der Waals surface area contributed by atoms with Gasteiger partial charge in [-0.2, -0.15) is 5.10 Å². The minimum Gasteiger partial charge on any atom is -0.495 e. The standard InChI is InChI=1S/C17H16ClN3O2S/c1-10-14(9-16(24-10)13-5-6-19-21-13)20-17(22)8-11-3-4-15(23-2)12(18)7-11/h3-7,9H,8H2,1-2H3,(H,19,21)(H,20,22). The molecule has 0 aliphatic carbocycles. The Kier molecular flexibility index (Phi) is 4.87. The van der Waals surface area contributed by atoms with Crippen molar-refractivity contribution in [3.63, 3.8) is 0 Å². The number of rotatable bonds is 5. The first-order chi connectivity index (χ1) is 11.6. The van der Waals surface area contributed by atoms with Crippen LogP contribution in [0, 0.1) is 6.92 Å². The Morgan fingerprint density at radius 2 is 2.21 bits per heavy atom. The molecule has 0 saturated carbocycles. The second kappa shape index (κ2) is 7.07. The molecule has 3 aromatic rings. The lowest BCUT2D eigenvalue weighted by Gasteiger charge is -2.07. The molecule has 0 aliphatic rings. The molecule has 1 amide bonds. The summed E-state index contributed by atoms with van der Waals surface area (Å²) in [4.78, 5) is 14.4. The molecule has 2 heterocycles. The number of hydrogen-bond acceptors (Lipinski definition) is 4. The third-order valence-electron chi connectivity index (χ3n) is 3.54. The van der Waals surface area contributed by atoms with Gasteiger partial charge >= 0.3 is 0 Å². The Bertz CT molecular complexity index is 859. The van der Waals surface area contributed by atoms with Crippen molar-refractivity contribution in [1.29, 1.82) is 0 Å². The summed E-state index contributed by atoms with van der Waals surface area (Å²) >= 11 is 7.70. The number of benzene rings is 1. The molecule has 124 valence electrons. The van der Waals surface area contributed by atoms with Crippen LogP contribution in [0.25, 0.3) is 10.6 Å². The average Bonchev–Trinajstić information content (AvgIpc) is 3.18. The van der Waals surface area contributed by atoms with Gasteiger partial charge in [-0.25, -0.2) is 0 Å². The molecule has 0 atom stereocenters. The summed E-state index contributed by atoms with van der Waals surface area (Å²) in [5.74, 6) is 0.506. The summed E-state index contributed by atoms with van der Waals surface area (Å²) in [7, 11) is 1.56. The molecule has 24 heavy (non-hydrogen) atoms. The molecule has 0 saturated heterocycles. The third kappa shape index (κ3) is 3.60. The number of hydrogen-bond donors (Lipinski definition) is 2. The third-order valence-corrected chi connectivity index (χ3v) is 4.92. The fourth-order valence-electron chi connectivity index (χ4n) is 2.33. The number of nitrogens with zero attached hydrogens (tertiary/aromatic N) is 1. The predicted octanol–water partition coefficient (Wildman–Crippen LogP) is 4.29. The van der Waals surface area contributed by atoms with Crippen LogP contribution in [-0.2, 0) is 11.2 Å². The number of halogens is 1. The summed E-state index contributed by atoms with van der Waals surface area (Å²) < 4.78 is 5.12. The molecule has 0 aliphatic heterocycles. The zero-order valence-corrected chi connectivity index (χ0v) is 14.8. The topological polar surface area (TPSA) is 67.0 Å². The van der Waals surface area contributed by atoms with Crippen molar-refractivity contribution < 1.29 is 9.53 Å². The number of aromatic amines is 1. The van der Waals surface area contributed by atoms with Gasteiger partial charge in [-0.05, 0) is 36.8 Å². The van der Waals surface area contributed by atoms with Gasteiger partial charge in [0.25, 0.3) is 0 Å². The van der Waals surface area contributed by atoms with Gasteiger partial charge in [-0.3, -0.25) is 9.89 Å². The van der Waals surface area contributed by atoms with Gasteiger partial charge in [-0.15, -0.1) is 11.3 Å². The number of anilines is 1. The fourth-order valence-corrected chi connectivity index (χ4v) is 3.56. The number of ether oxygens (including phenoxy) is 1. The molecule has 2 N–H and O–H groups in total. The normalized spacial score (nSPS) is 10.6. The van der Waals surface area contributed by atoms with Gasteiger partial charge in [0, 0.05) is 11.1 Å². The van der Waals surface area contributed by atoms with E-state index in [9.17, 15) is 4.79 Å². The Labute approximate surface area is 148 Å². The van der Waals surface area contributed by atoms with Crippen LogP contribution in [0.15, 0.2) is 36.5 Å². The number of aromatic nitrogens is 2. The zero-order chi connectivity index (χ0) is 17.1. The first-order valence-corrected chi connectivity index (χ1v) is 8.48. The Morgan fingerprint density at radius 3 is 2.88 bits per heavy atom. The van der Waals surface area contributed by atoms with E-state index < -0.39 is 0 Å². The molecule has 0 unspecified atom stereocenters. The number of thiophene rings is 1. The van der Waals surface area contributed by atoms with E-state index in [-0.39, 0.29) is 12.3 Å². The highest BCUT2D eigenvalue weighted by Crippen LogP contribution is 2.33. The monoisotopic (exact) mass is 361 g/mol. The predicted molar refractivity (Wildman–Crippen MR) is 97.0 cm³/mol. The van der Waals surface area contributed by atoms with Crippen LogP contribution in [0.5, 0.6) is 5.75 Å². The summed E-state index contributed by atoms with van der Waals surface area (Å²) in [5, 5.41) is 10.3. The number of carbonyl (C=O) groups is 1. The lowest BCUT2D eigenvalue weighted by atomic mass is 10.1. The lowest BCUT2D eigenvalue weighted by molar-refractivity contribution is -0.115. The van der Waals surface area contributed by atoms with Crippen molar-refractivity contribution in [1.82, 2.24) is 10.2 Å². The van der Waals surface area contributed by atoms with Crippen LogP contribution in [-0.4, -0.2) is 23.2 Å². The van der Waals surface area contributed by atoms with Crippen LogP contribution >= 0.6 is 22.9 Å². The molecule has 7 heteroatoms. The molecule has 3 rings (SSSR count). The quantitative estimate of drug-likeness (QED) is 0.712. The number of aryl methyl sites for hydroxylation is 1. The van der Waals surface area contributed by atoms with E-state index in [1.807, 2.05) is 25.1 Å². The molecule has 1 aromatic carbocycles. The highest BCUT2D eigenvalue weighted by Gasteiger charge is 2.12. The van der Waals surface area contributed by atoms with Crippen LogP contribution < -0.4 is 10.1 Å². The van der Waals surface area contributed by atoms with Crippen LogP contribution in [0.2, 0.25) is 5.02 Å². The van der Waals surface area contributed by atoms with Crippen molar-refractivity contribution >= 4 is 34.5 Å². The minimum absolute atomic E-state index is 0.0895. The minimum atomic E-state index is -0.0895. The second-order valence-electron chi connectivity index (χ2n) is 5.24. The number of H-pyrrole nitrogens is 1. The maximum absolute atomic E-state index is 12.3. The first-order valence-electron chi connectivity index (χ1n) is 7.29. The highest BCUT2D eigenvalue weighted by molar-refractivity contribution is 7.16. The maximum Gasteiger partial charge on any atom is 0.228 e. The molecule has 0 fully saturated rings. The van der Waals surface area contributed by atoms with Gasteiger partial charge in [0.15, 0.2) is 0 Å². The number of methoxy groups -OCH3 is 1. The Balaban J connectivity index is 1.70. The van der Waals surface area contributed by atoms with Gasteiger partial charge in [-0.1, -0.05) is 17.7 Å². The van der Waals surface area contributed by atoms with Crippen molar-refractivity contribution in [3.8, 4) is 16.3 Å². The summed E-state index contributed by atoms with van der Waals surface area (Å²) in [6, 6.07) is 9.19. The molecule has 0 spiro atoms. The Morgan fingerprint density at radius 1 is 1.38 bits per heavy atom. The molecular weight excluding hydrogens is 346 g/mol. The van der Waals surface area contributed by atoms with Gasteiger partial charge < -0.3 is 10.1 Å². The molecular formula is C17H16ClN3O2S. The molecule has 2 aromatic heterocycles. The van der Waals surface area contributed by atoms with Crippen LogP contribution in [0.1, 0.15) is 10.4 Å². The van der Waals surface area contributed by atoms with E-state index >= 15 is 0 Å². The van der Waals surface area contributed by atoms with Crippen molar-refractivity contribution in [2.24, 2.45) is 0 Å². The van der Waals surface area contributed by atoms with E-state index in [1.165, 1.54) is 0 Å². The highest BCUT2D eigenvalue weighted by atomic mass is 35.5. The van der Waals surface area contributed by atoms with Gasteiger partial charge in [0.05, 0.1) is 34.8 Å². The van der Waals surface area contributed by atoms with E-state index in [4.69, 9.17) is 16.3 Å². The second-order valence-corrected chi connectivity index (χ2v) is 6.91. The average molecular weight is 362 g/mol. The number of nitrogens with one attached hydrogen (secondary N) is 2. The number of carbonyl (C=O) groups excluding carboxylic acids is 1. The van der Waals surface area contributed by atoms with Crippen molar-refractivity contribution in [3.05, 3.63) is 52.0 Å². The van der Waals surface area contributed by atoms with E-state index in [0.717, 1.165) is 26.7 Å². The maximum atomic E-state index is 12.3. The summed E-state index contributed by atoms with van der Waals surface area (Å²) in [6.45, 7) is 1.98. The summed E-state index contributed by atoms with van der Waals surface area (Å²) in [6.07, 6.45) is 1.95. The van der Waals surface area contributed by atoms with Crippen LogP contribution in [0.4, 0.5) is 5.69 Å². The SMILES string of the molecule is COc1ccc(CC(=O)Nc2cc(-c3ccn[nH]3)sc2C)cc1Cl. The fraction of sp³-hybridized carbons (Fsp3) is 0.176. The lowest BCUT2D eigenvalue weighted by Crippen LogP contribution is -2.14. The summed E-state index contributed by atoms with van der Waals surface area (Å²) in [5.41, 5.74) is 2.58. The van der Waals surface area contributed by atoms with E-state index in [0.29, 0.717) is 10.8 Å². The molecule has 0 radical (unpaired) electrons. The van der Waals surface area contributed by atoms with E-state index in [1.54, 1.807) is 36.8 Å². The van der Waals surface area contributed by atoms with Gasteiger partial charge in [0.2, 0.25) is 5.91 Å². The zero-order valence-electron chi connectivity index (χ0n) is 13.2. The van der Waals surface area contributed by atoms with Crippen molar-refractivity contribution in [2.75, 3.05) is 12.4 Å². The Hall–Kier alpha value is -2.31. The number of amides is 1. The smallest absolute Gasteiger partial charge is 0.228 e. The first kappa shape index (κ1) is 16.5. The molecule has 5 nitrogen and oxygen atoms in total. The van der Waals surface area contributed by atoms with Crippen molar-refractivity contribution in [2.45, 2.75) is 13.3 Å². The van der Waals surface area contributed by atoms with Crippen LogP contribution in [0.3, 0.4) is 0 Å². The van der Waals surface area contributed by atoms with E-state index in [2.05, 4.69) is 15.5 Å². The van der Waals surface area contributed by atoms with Gasteiger partial charge in [0.1, 0.15) is 5.75 Å². The largest absolute Gasteiger partial charge is 0.495 e. The molecule has 0 bridgehead atoms.